The zero-order chi connectivity index (χ0) is 19.5. The second-order valence-electron chi connectivity index (χ2n) is 6.49. The van der Waals surface area contributed by atoms with Crippen molar-refractivity contribution in [1.82, 2.24) is 19.7 Å². The molecule has 0 saturated carbocycles. The number of amides is 1. The highest BCUT2D eigenvalue weighted by Crippen LogP contribution is 2.20. The Morgan fingerprint density at radius 3 is 2.79 bits per heavy atom. The van der Waals surface area contributed by atoms with Crippen LogP contribution in [0.5, 0.6) is 0 Å². The number of imidazole rings is 1. The first-order valence-electron chi connectivity index (χ1n) is 8.91. The summed E-state index contributed by atoms with van der Waals surface area (Å²) in [6.45, 7) is 2.08. The zero-order valence-corrected chi connectivity index (χ0v) is 16.5. The lowest BCUT2D eigenvalue weighted by atomic mass is 10.2. The molecular weight excluding hydrogens is 372 g/mol. The lowest BCUT2D eigenvalue weighted by Gasteiger charge is -2.06. The second kappa shape index (κ2) is 7.77. The molecule has 8 heteroatoms. The maximum Gasteiger partial charge on any atom is 0.243 e. The van der Waals surface area contributed by atoms with Crippen LogP contribution in [0.1, 0.15) is 16.4 Å². The van der Waals surface area contributed by atoms with Crippen molar-refractivity contribution in [2.45, 2.75) is 13.3 Å². The summed E-state index contributed by atoms with van der Waals surface area (Å²) in [6, 6.07) is 15.8. The van der Waals surface area contributed by atoms with E-state index in [0.29, 0.717) is 5.13 Å². The Morgan fingerprint density at radius 1 is 1.14 bits per heavy atom. The molecule has 2 N–H and O–H groups in total. The van der Waals surface area contributed by atoms with Crippen LogP contribution < -0.4 is 10.6 Å². The van der Waals surface area contributed by atoms with Crippen LogP contribution in [-0.2, 0) is 18.3 Å². The Kier molecular flexibility index (Phi) is 5.03. The summed E-state index contributed by atoms with van der Waals surface area (Å²) in [5, 5.41) is 15.8. The van der Waals surface area contributed by atoms with Gasteiger partial charge in [-0.25, -0.2) is 4.98 Å². The Bertz CT molecular complexity index is 1120. The number of benzene rings is 2. The molecule has 2 heterocycles. The molecule has 0 aliphatic rings. The molecule has 142 valence electrons. The largest absolute Gasteiger partial charge is 0.351 e. The molecule has 0 bridgehead atoms. The van der Waals surface area contributed by atoms with E-state index in [9.17, 15) is 4.79 Å². The van der Waals surface area contributed by atoms with Crippen molar-refractivity contribution < 1.29 is 4.79 Å². The first-order chi connectivity index (χ1) is 13.6. The van der Waals surface area contributed by atoms with E-state index in [0.717, 1.165) is 34.0 Å². The number of aryl methyl sites for hydroxylation is 2. The van der Waals surface area contributed by atoms with Crippen molar-refractivity contribution in [2.75, 3.05) is 17.2 Å². The fourth-order valence-corrected chi connectivity index (χ4v) is 3.70. The number of anilines is 2. The molecule has 4 aromatic rings. The van der Waals surface area contributed by atoms with Crippen LogP contribution in [0.15, 0.2) is 48.5 Å². The summed E-state index contributed by atoms with van der Waals surface area (Å²) in [5.41, 5.74) is 3.80. The highest BCUT2D eigenvalue weighted by atomic mass is 32.1. The summed E-state index contributed by atoms with van der Waals surface area (Å²) in [6.07, 6.45) is 0.732. The number of fused-ring (bicyclic) bond motifs is 1. The Morgan fingerprint density at radius 2 is 1.96 bits per heavy atom. The van der Waals surface area contributed by atoms with Crippen LogP contribution in [-0.4, -0.2) is 32.2 Å². The van der Waals surface area contributed by atoms with Gasteiger partial charge in [0, 0.05) is 19.2 Å². The standard InChI is InChI=1S/C20H20N6OS/c1-13-22-16-11-15(8-9-17(16)26(13)2)23-18(27)12-21-20-25-24-19(28-20)10-14-6-4-3-5-7-14/h3-9,11H,10,12H2,1-2H3,(H,21,25)(H,23,27). The van der Waals surface area contributed by atoms with E-state index in [1.54, 1.807) is 0 Å². The normalized spacial score (nSPS) is 10.9. The SMILES string of the molecule is Cc1nc2cc(NC(=O)CNc3nnc(Cc4ccccc4)s3)ccc2n1C. The van der Waals surface area contributed by atoms with Crippen LogP contribution in [0.25, 0.3) is 11.0 Å². The number of carbonyl (C=O) groups is 1. The molecule has 0 aliphatic heterocycles. The average molecular weight is 392 g/mol. The van der Waals surface area contributed by atoms with Gasteiger partial charge in [0.25, 0.3) is 0 Å². The number of nitrogens with zero attached hydrogens (tertiary/aromatic N) is 4. The van der Waals surface area contributed by atoms with Gasteiger partial charge in [-0.2, -0.15) is 0 Å². The van der Waals surface area contributed by atoms with Gasteiger partial charge in [-0.1, -0.05) is 41.7 Å². The van der Waals surface area contributed by atoms with Crippen molar-refractivity contribution >= 4 is 39.1 Å². The minimum Gasteiger partial charge on any atom is -0.351 e. The highest BCUT2D eigenvalue weighted by molar-refractivity contribution is 7.15. The smallest absolute Gasteiger partial charge is 0.243 e. The van der Waals surface area contributed by atoms with Gasteiger partial charge in [0.1, 0.15) is 10.8 Å². The Hall–Kier alpha value is -3.26. The monoisotopic (exact) mass is 392 g/mol. The van der Waals surface area contributed by atoms with Crippen molar-refractivity contribution in [3.8, 4) is 0 Å². The van der Waals surface area contributed by atoms with E-state index in [4.69, 9.17) is 0 Å². The van der Waals surface area contributed by atoms with Crippen molar-refractivity contribution in [1.29, 1.82) is 0 Å². The Balaban J connectivity index is 1.33. The predicted octanol–water partition coefficient (Wildman–Crippen LogP) is 3.37. The van der Waals surface area contributed by atoms with Crippen molar-refractivity contribution in [3.05, 3.63) is 64.9 Å². The van der Waals surface area contributed by atoms with E-state index in [-0.39, 0.29) is 12.5 Å². The van der Waals surface area contributed by atoms with E-state index >= 15 is 0 Å². The van der Waals surface area contributed by atoms with Gasteiger partial charge in [0.05, 0.1) is 17.6 Å². The predicted molar refractivity (Wildman–Crippen MR) is 112 cm³/mol. The quantitative estimate of drug-likeness (QED) is 0.525. The minimum absolute atomic E-state index is 0.124. The van der Waals surface area contributed by atoms with Gasteiger partial charge in [-0.05, 0) is 30.7 Å². The lowest BCUT2D eigenvalue weighted by Crippen LogP contribution is -2.21. The number of hydrogen-bond donors (Lipinski definition) is 2. The van der Waals surface area contributed by atoms with E-state index in [1.165, 1.54) is 16.9 Å². The summed E-state index contributed by atoms with van der Waals surface area (Å²) in [4.78, 5) is 16.7. The minimum atomic E-state index is -0.146. The van der Waals surface area contributed by atoms with Crippen LogP contribution in [0.3, 0.4) is 0 Å². The maximum absolute atomic E-state index is 12.2. The molecule has 4 rings (SSSR count). The molecule has 0 radical (unpaired) electrons. The van der Waals surface area contributed by atoms with Crippen molar-refractivity contribution in [3.63, 3.8) is 0 Å². The third-order valence-corrected chi connectivity index (χ3v) is 5.33. The van der Waals surface area contributed by atoms with Gasteiger partial charge >= 0.3 is 0 Å². The number of carbonyl (C=O) groups excluding carboxylic acids is 1. The van der Waals surface area contributed by atoms with Crippen LogP contribution in [0, 0.1) is 6.92 Å². The molecule has 28 heavy (non-hydrogen) atoms. The fraction of sp³-hybridized carbons (Fsp3) is 0.200. The maximum atomic E-state index is 12.2. The number of rotatable bonds is 6. The molecular formula is C20H20N6OS. The van der Waals surface area contributed by atoms with Gasteiger partial charge in [0.2, 0.25) is 11.0 Å². The third kappa shape index (κ3) is 4.01. The molecule has 2 aromatic heterocycles. The summed E-state index contributed by atoms with van der Waals surface area (Å²) in [7, 11) is 1.97. The van der Waals surface area contributed by atoms with Gasteiger partial charge in [-0.3, -0.25) is 4.79 Å². The molecule has 0 atom stereocenters. The van der Waals surface area contributed by atoms with Crippen LogP contribution in [0.2, 0.25) is 0 Å². The number of nitrogens with one attached hydrogen (secondary N) is 2. The lowest BCUT2D eigenvalue weighted by molar-refractivity contribution is -0.114. The molecule has 7 nitrogen and oxygen atoms in total. The molecule has 0 saturated heterocycles. The number of aromatic nitrogens is 4. The third-order valence-electron chi connectivity index (χ3n) is 4.45. The first kappa shape index (κ1) is 18.1. The average Bonchev–Trinajstić information content (AvgIpc) is 3.25. The summed E-state index contributed by atoms with van der Waals surface area (Å²) >= 11 is 1.46. The molecule has 2 aromatic carbocycles. The van der Waals surface area contributed by atoms with Gasteiger partial charge in [-0.15, -0.1) is 10.2 Å². The van der Waals surface area contributed by atoms with Crippen molar-refractivity contribution in [2.24, 2.45) is 7.05 Å². The fourth-order valence-electron chi connectivity index (χ4n) is 2.93. The first-order valence-corrected chi connectivity index (χ1v) is 9.73. The molecule has 0 fully saturated rings. The summed E-state index contributed by atoms with van der Waals surface area (Å²) in [5.74, 6) is 0.787. The van der Waals surface area contributed by atoms with E-state index in [2.05, 4.69) is 37.9 Å². The van der Waals surface area contributed by atoms with Crippen LogP contribution in [0.4, 0.5) is 10.8 Å². The van der Waals surface area contributed by atoms with Gasteiger partial charge in [0.15, 0.2) is 0 Å². The molecule has 0 aliphatic carbocycles. The highest BCUT2D eigenvalue weighted by Gasteiger charge is 2.09. The van der Waals surface area contributed by atoms with Crippen LogP contribution >= 0.6 is 11.3 Å². The molecule has 0 unspecified atom stereocenters. The Labute approximate surface area is 166 Å². The summed E-state index contributed by atoms with van der Waals surface area (Å²) < 4.78 is 2.02. The van der Waals surface area contributed by atoms with Gasteiger partial charge < -0.3 is 15.2 Å². The number of hydrogen-bond acceptors (Lipinski definition) is 6. The zero-order valence-electron chi connectivity index (χ0n) is 15.6. The molecule has 0 spiro atoms. The molecule has 1 amide bonds. The van der Waals surface area contributed by atoms with E-state index in [1.807, 2.05) is 54.9 Å². The topological polar surface area (TPSA) is 84.7 Å². The van der Waals surface area contributed by atoms with E-state index < -0.39 is 0 Å². The second-order valence-corrected chi connectivity index (χ2v) is 7.55.